The van der Waals surface area contributed by atoms with E-state index >= 15 is 0 Å². The Morgan fingerprint density at radius 2 is 2.10 bits per heavy atom. The van der Waals surface area contributed by atoms with Gasteiger partial charge in [0.1, 0.15) is 18.2 Å². The van der Waals surface area contributed by atoms with Gasteiger partial charge in [0.15, 0.2) is 5.82 Å². The minimum atomic E-state index is 0. The summed E-state index contributed by atoms with van der Waals surface area (Å²) in [4.78, 5) is 4.23. The lowest BCUT2D eigenvalue weighted by molar-refractivity contribution is 0.347. The topological polar surface area (TPSA) is 76.8 Å². The van der Waals surface area contributed by atoms with Crippen LogP contribution >= 0.6 is 12.4 Å². The zero-order chi connectivity index (χ0) is 13.7. The third kappa shape index (κ3) is 4.04. The number of rotatable bonds is 5. The Bertz CT molecular complexity index is 568. The van der Waals surface area contributed by atoms with Crippen LogP contribution in [-0.2, 0) is 0 Å². The molecule has 2 aromatic rings. The Hall–Kier alpha value is -1.92. The standard InChI is InChI=1S/C13H15FN4O.ClH/c1-9-16-13(18-17-9)11-2-4-12(5-3-11)19-8-10(6-14)7-15;/h2-6H,7-8,15H2,1H3,(H,16,17,18);1H/b10-6+;. The number of H-pyrrole nitrogens is 1. The highest BCUT2D eigenvalue weighted by atomic mass is 35.5. The normalized spacial score (nSPS) is 11.1. The molecular weight excluding hydrogens is 283 g/mol. The Balaban J connectivity index is 0.00000200. The molecule has 1 aromatic heterocycles. The molecule has 0 amide bonds. The van der Waals surface area contributed by atoms with Crippen molar-refractivity contribution in [2.75, 3.05) is 13.2 Å². The monoisotopic (exact) mass is 298 g/mol. The summed E-state index contributed by atoms with van der Waals surface area (Å²) in [5.74, 6) is 2.04. The van der Waals surface area contributed by atoms with Crippen LogP contribution in [0.25, 0.3) is 11.4 Å². The minimum absolute atomic E-state index is 0. The molecule has 0 bridgehead atoms. The number of nitrogens with two attached hydrogens (primary N) is 1. The molecule has 108 valence electrons. The molecule has 7 heteroatoms. The molecule has 0 atom stereocenters. The molecule has 2 rings (SSSR count). The second-order valence-electron chi connectivity index (χ2n) is 4.03. The van der Waals surface area contributed by atoms with E-state index in [-0.39, 0.29) is 25.6 Å². The minimum Gasteiger partial charge on any atom is -0.489 e. The number of hydrogen-bond donors (Lipinski definition) is 2. The van der Waals surface area contributed by atoms with Crippen molar-refractivity contribution in [1.29, 1.82) is 0 Å². The third-order valence-corrected chi connectivity index (χ3v) is 2.55. The molecule has 0 unspecified atom stereocenters. The van der Waals surface area contributed by atoms with Crippen molar-refractivity contribution < 1.29 is 9.13 Å². The fourth-order valence-corrected chi connectivity index (χ4v) is 1.48. The molecule has 0 fully saturated rings. The second-order valence-corrected chi connectivity index (χ2v) is 4.03. The summed E-state index contributed by atoms with van der Waals surface area (Å²) in [6, 6.07) is 7.26. The number of nitrogens with zero attached hydrogens (tertiary/aromatic N) is 2. The van der Waals surface area contributed by atoms with E-state index in [1.165, 1.54) is 0 Å². The number of nitrogens with one attached hydrogen (secondary N) is 1. The van der Waals surface area contributed by atoms with E-state index in [0.717, 1.165) is 11.4 Å². The largest absolute Gasteiger partial charge is 0.489 e. The lowest BCUT2D eigenvalue weighted by atomic mass is 10.2. The number of halogens is 2. The maximum absolute atomic E-state index is 12.3. The molecule has 0 aliphatic rings. The molecule has 1 aromatic carbocycles. The molecule has 0 saturated heterocycles. The zero-order valence-corrected chi connectivity index (χ0v) is 11.8. The average Bonchev–Trinajstić information content (AvgIpc) is 2.87. The van der Waals surface area contributed by atoms with Crippen molar-refractivity contribution in [3.8, 4) is 17.1 Å². The van der Waals surface area contributed by atoms with Crippen molar-refractivity contribution in [3.63, 3.8) is 0 Å². The molecule has 3 N–H and O–H groups in total. The van der Waals surface area contributed by atoms with E-state index in [1.807, 2.05) is 19.1 Å². The van der Waals surface area contributed by atoms with Crippen LogP contribution in [0.1, 0.15) is 5.82 Å². The number of aromatic amines is 1. The first-order valence-corrected chi connectivity index (χ1v) is 5.83. The first-order chi connectivity index (χ1) is 9.22. The van der Waals surface area contributed by atoms with E-state index < -0.39 is 0 Å². The Morgan fingerprint density at radius 1 is 1.40 bits per heavy atom. The van der Waals surface area contributed by atoms with Crippen molar-refractivity contribution in [2.45, 2.75) is 6.92 Å². The van der Waals surface area contributed by atoms with Gasteiger partial charge in [-0.2, -0.15) is 5.10 Å². The van der Waals surface area contributed by atoms with Crippen LogP contribution in [0.2, 0.25) is 0 Å². The van der Waals surface area contributed by atoms with Gasteiger partial charge < -0.3 is 10.5 Å². The summed E-state index contributed by atoms with van der Waals surface area (Å²) in [5.41, 5.74) is 6.64. The van der Waals surface area contributed by atoms with Crippen LogP contribution < -0.4 is 10.5 Å². The van der Waals surface area contributed by atoms with Crippen molar-refractivity contribution in [1.82, 2.24) is 15.2 Å². The highest BCUT2D eigenvalue weighted by molar-refractivity contribution is 5.85. The molecule has 5 nitrogen and oxygen atoms in total. The summed E-state index contributed by atoms with van der Waals surface area (Å²) in [5, 5.41) is 6.85. The number of aromatic nitrogens is 3. The smallest absolute Gasteiger partial charge is 0.181 e. The second kappa shape index (κ2) is 7.62. The van der Waals surface area contributed by atoms with Crippen LogP contribution in [0.3, 0.4) is 0 Å². The highest BCUT2D eigenvalue weighted by Gasteiger charge is 2.04. The zero-order valence-electron chi connectivity index (χ0n) is 11.0. The maximum atomic E-state index is 12.3. The van der Waals surface area contributed by atoms with Gasteiger partial charge in [0.25, 0.3) is 0 Å². The van der Waals surface area contributed by atoms with Gasteiger partial charge in [-0.05, 0) is 31.2 Å². The van der Waals surface area contributed by atoms with Gasteiger partial charge in [0.2, 0.25) is 0 Å². The lowest BCUT2D eigenvalue weighted by Gasteiger charge is -2.07. The van der Waals surface area contributed by atoms with Gasteiger partial charge in [-0.3, -0.25) is 5.10 Å². The average molecular weight is 299 g/mol. The van der Waals surface area contributed by atoms with Crippen LogP contribution in [-0.4, -0.2) is 28.3 Å². The molecule has 20 heavy (non-hydrogen) atoms. The van der Waals surface area contributed by atoms with Crippen LogP contribution in [0.15, 0.2) is 36.2 Å². The Labute approximate surface area is 122 Å². The SMILES string of the molecule is Cc1nc(-c2ccc(OC/C(=C/F)CN)cc2)n[nH]1.Cl. The van der Waals surface area contributed by atoms with Crippen molar-refractivity contribution in [3.05, 3.63) is 42.0 Å². The summed E-state index contributed by atoms with van der Waals surface area (Å²) < 4.78 is 17.7. The number of ether oxygens (including phenoxy) is 1. The summed E-state index contributed by atoms with van der Waals surface area (Å²) >= 11 is 0. The highest BCUT2D eigenvalue weighted by Crippen LogP contribution is 2.19. The van der Waals surface area contributed by atoms with Gasteiger partial charge in [-0.1, -0.05) is 0 Å². The van der Waals surface area contributed by atoms with Crippen molar-refractivity contribution in [2.24, 2.45) is 5.73 Å². The van der Waals surface area contributed by atoms with E-state index in [2.05, 4.69) is 15.2 Å². The summed E-state index contributed by atoms with van der Waals surface area (Å²) in [7, 11) is 0. The van der Waals surface area contributed by atoms with Gasteiger partial charge in [0.05, 0.1) is 6.33 Å². The molecular formula is C13H16ClFN4O. The third-order valence-electron chi connectivity index (χ3n) is 2.55. The Morgan fingerprint density at radius 3 is 2.60 bits per heavy atom. The van der Waals surface area contributed by atoms with Gasteiger partial charge in [-0.15, -0.1) is 12.4 Å². The summed E-state index contributed by atoms with van der Waals surface area (Å²) in [6.07, 6.45) is 0.477. The predicted molar refractivity (Wildman–Crippen MR) is 77.5 cm³/mol. The lowest BCUT2D eigenvalue weighted by Crippen LogP contribution is -2.10. The molecule has 0 aliphatic carbocycles. The predicted octanol–water partition coefficient (Wildman–Crippen LogP) is 2.39. The van der Waals surface area contributed by atoms with Crippen LogP contribution in [0.5, 0.6) is 5.75 Å². The van der Waals surface area contributed by atoms with Gasteiger partial charge >= 0.3 is 0 Å². The number of benzene rings is 1. The van der Waals surface area contributed by atoms with Crippen LogP contribution in [0, 0.1) is 6.92 Å². The van der Waals surface area contributed by atoms with Gasteiger partial charge in [-0.25, -0.2) is 9.37 Å². The molecule has 1 heterocycles. The number of aryl methyl sites for hydroxylation is 1. The maximum Gasteiger partial charge on any atom is 0.181 e. The quantitative estimate of drug-likeness (QED) is 0.888. The van der Waals surface area contributed by atoms with E-state index in [4.69, 9.17) is 10.5 Å². The van der Waals surface area contributed by atoms with E-state index in [1.54, 1.807) is 12.1 Å². The fourth-order valence-electron chi connectivity index (χ4n) is 1.48. The number of hydrogen-bond acceptors (Lipinski definition) is 4. The van der Waals surface area contributed by atoms with Crippen LogP contribution in [0.4, 0.5) is 4.39 Å². The van der Waals surface area contributed by atoms with E-state index in [9.17, 15) is 4.39 Å². The Kier molecular flexibility index (Phi) is 6.14. The van der Waals surface area contributed by atoms with Crippen molar-refractivity contribution >= 4 is 12.4 Å². The first kappa shape index (κ1) is 16.1. The van der Waals surface area contributed by atoms with E-state index in [0.29, 0.717) is 23.5 Å². The molecule has 0 spiro atoms. The first-order valence-electron chi connectivity index (χ1n) is 5.83. The molecule has 0 aliphatic heterocycles. The van der Waals surface area contributed by atoms with Gasteiger partial charge in [0, 0.05) is 17.7 Å². The molecule has 0 radical (unpaired) electrons. The molecule has 0 saturated carbocycles. The summed E-state index contributed by atoms with van der Waals surface area (Å²) in [6.45, 7) is 2.13. The fraction of sp³-hybridized carbons (Fsp3) is 0.231.